The Kier molecular flexibility index (Phi) is 3.89. The van der Waals surface area contributed by atoms with Crippen LogP contribution in [0.5, 0.6) is 0 Å². The zero-order valence-electron chi connectivity index (χ0n) is 8.79. The van der Waals surface area contributed by atoms with Crippen molar-refractivity contribution in [3.8, 4) is 0 Å². The number of hydrogen-bond acceptors (Lipinski definition) is 5. The second-order valence-corrected chi connectivity index (χ2v) is 5.13. The molecular weight excluding hydrogens is 237 g/mol. The van der Waals surface area contributed by atoms with Gasteiger partial charge in [-0.25, -0.2) is 27.9 Å². The van der Waals surface area contributed by atoms with Crippen LogP contribution >= 0.6 is 0 Å². The van der Waals surface area contributed by atoms with Crippen LogP contribution in [0.4, 0.5) is 4.39 Å². The van der Waals surface area contributed by atoms with Crippen molar-refractivity contribution in [2.75, 3.05) is 7.11 Å². The van der Waals surface area contributed by atoms with Crippen molar-refractivity contribution in [3.05, 3.63) is 24.0 Å². The van der Waals surface area contributed by atoms with E-state index < -0.39 is 27.2 Å². The van der Waals surface area contributed by atoms with Crippen molar-refractivity contribution >= 4 is 10.0 Å². The van der Waals surface area contributed by atoms with Crippen LogP contribution < -0.4 is 5.14 Å². The van der Waals surface area contributed by atoms with Gasteiger partial charge in [-0.3, -0.25) is 0 Å². The lowest BCUT2D eigenvalue weighted by Gasteiger charge is -2.19. The highest BCUT2D eigenvalue weighted by atomic mass is 32.2. The molecule has 0 fully saturated rings. The lowest BCUT2D eigenvalue weighted by molar-refractivity contribution is 0.0946. The molecular formula is C8H12FN3O3S. The number of sulfonamides is 1. The van der Waals surface area contributed by atoms with Gasteiger partial charge in [0.05, 0.1) is 12.4 Å². The van der Waals surface area contributed by atoms with Gasteiger partial charge in [0.2, 0.25) is 10.0 Å². The van der Waals surface area contributed by atoms with Crippen LogP contribution in [-0.4, -0.2) is 30.7 Å². The molecule has 8 heteroatoms. The van der Waals surface area contributed by atoms with Crippen molar-refractivity contribution in [2.45, 2.75) is 18.3 Å². The summed E-state index contributed by atoms with van der Waals surface area (Å²) in [6, 6.07) is 0. The number of ether oxygens (including phenoxy) is 1. The van der Waals surface area contributed by atoms with Gasteiger partial charge in [0.25, 0.3) is 0 Å². The number of nitrogens with zero attached hydrogens (tertiary/aromatic N) is 2. The topological polar surface area (TPSA) is 95.2 Å². The van der Waals surface area contributed by atoms with Crippen LogP contribution in [0, 0.1) is 5.82 Å². The van der Waals surface area contributed by atoms with Gasteiger partial charge < -0.3 is 4.74 Å². The largest absolute Gasteiger partial charge is 0.372 e. The normalized spacial score (nSPS) is 15.8. The highest BCUT2D eigenvalue weighted by Gasteiger charge is 2.30. The summed E-state index contributed by atoms with van der Waals surface area (Å²) in [6.07, 6.45) is 0.949. The molecule has 0 saturated carbocycles. The molecule has 0 saturated heterocycles. The first-order valence-corrected chi connectivity index (χ1v) is 5.99. The Morgan fingerprint density at radius 3 is 2.31 bits per heavy atom. The zero-order chi connectivity index (χ0) is 12.3. The first-order valence-electron chi connectivity index (χ1n) is 4.38. The predicted molar refractivity (Wildman–Crippen MR) is 54.3 cm³/mol. The maximum absolute atomic E-state index is 12.6. The van der Waals surface area contributed by atoms with E-state index in [9.17, 15) is 12.8 Å². The second-order valence-electron chi connectivity index (χ2n) is 3.21. The Labute approximate surface area is 92.7 Å². The highest BCUT2D eigenvalue weighted by Crippen LogP contribution is 2.20. The number of methoxy groups -OCH3 is 1. The molecule has 2 N–H and O–H groups in total. The van der Waals surface area contributed by atoms with Crippen LogP contribution in [0.1, 0.15) is 18.9 Å². The van der Waals surface area contributed by atoms with E-state index in [1.807, 2.05) is 0 Å². The first kappa shape index (κ1) is 12.9. The van der Waals surface area contributed by atoms with Gasteiger partial charge in [-0.1, -0.05) is 0 Å². The SMILES string of the molecule is COC(c1ncc(F)cn1)C(C)S(N)(=O)=O. The Balaban J connectivity index is 3.03. The number of halogens is 1. The summed E-state index contributed by atoms with van der Waals surface area (Å²) >= 11 is 0. The smallest absolute Gasteiger partial charge is 0.214 e. The van der Waals surface area contributed by atoms with E-state index in [-0.39, 0.29) is 5.82 Å². The summed E-state index contributed by atoms with van der Waals surface area (Å²) in [5.74, 6) is -0.535. The summed E-state index contributed by atoms with van der Waals surface area (Å²) in [7, 11) is -2.47. The van der Waals surface area contributed by atoms with Crippen LogP contribution in [0.3, 0.4) is 0 Å². The molecule has 6 nitrogen and oxygen atoms in total. The van der Waals surface area contributed by atoms with Gasteiger partial charge in [-0.05, 0) is 6.92 Å². The van der Waals surface area contributed by atoms with E-state index in [2.05, 4.69) is 9.97 Å². The minimum Gasteiger partial charge on any atom is -0.372 e. The van der Waals surface area contributed by atoms with E-state index in [0.717, 1.165) is 12.4 Å². The lowest BCUT2D eigenvalue weighted by atomic mass is 10.2. The highest BCUT2D eigenvalue weighted by molar-refractivity contribution is 7.89. The van der Waals surface area contributed by atoms with Gasteiger partial charge >= 0.3 is 0 Å². The summed E-state index contributed by atoms with van der Waals surface area (Å²) < 4.78 is 39.8. The van der Waals surface area contributed by atoms with Gasteiger partial charge in [0.15, 0.2) is 11.6 Å². The van der Waals surface area contributed by atoms with Gasteiger partial charge in [0, 0.05) is 7.11 Å². The van der Waals surface area contributed by atoms with E-state index in [0.29, 0.717) is 0 Å². The molecule has 16 heavy (non-hydrogen) atoms. The molecule has 0 aliphatic heterocycles. The molecule has 0 radical (unpaired) electrons. The fourth-order valence-electron chi connectivity index (χ4n) is 1.15. The van der Waals surface area contributed by atoms with E-state index in [1.165, 1.54) is 14.0 Å². The molecule has 90 valence electrons. The number of rotatable bonds is 4. The zero-order valence-corrected chi connectivity index (χ0v) is 9.61. The summed E-state index contributed by atoms with van der Waals surface area (Å²) in [5.41, 5.74) is 0. The quantitative estimate of drug-likeness (QED) is 0.809. The van der Waals surface area contributed by atoms with Crippen LogP contribution in [0.2, 0.25) is 0 Å². The van der Waals surface area contributed by atoms with Gasteiger partial charge in [-0.15, -0.1) is 0 Å². The Morgan fingerprint density at radius 2 is 1.94 bits per heavy atom. The maximum Gasteiger partial charge on any atom is 0.214 e. The molecule has 0 spiro atoms. The van der Waals surface area contributed by atoms with E-state index >= 15 is 0 Å². The van der Waals surface area contributed by atoms with Crippen molar-refractivity contribution in [3.63, 3.8) is 0 Å². The molecule has 0 bridgehead atoms. The van der Waals surface area contributed by atoms with Crippen molar-refractivity contribution in [1.29, 1.82) is 0 Å². The van der Waals surface area contributed by atoms with Crippen molar-refractivity contribution in [2.24, 2.45) is 5.14 Å². The number of aromatic nitrogens is 2. The summed E-state index contributed by atoms with van der Waals surface area (Å²) in [5, 5.41) is 3.97. The fourth-order valence-corrected chi connectivity index (χ4v) is 1.73. The number of primary sulfonamides is 1. The molecule has 1 rings (SSSR count). The third-order valence-corrected chi connectivity index (χ3v) is 3.38. The van der Waals surface area contributed by atoms with Crippen molar-refractivity contribution in [1.82, 2.24) is 9.97 Å². The fraction of sp³-hybridized carbons (Fsp3) is 0.500. The van der Waals surface area contributed by atoms with E-state index in [4.69, 9.17) is 9.88 Å². The molecule has 0 amide bonds. The molecule has 0 aliphatic carbocycles. The van der Waals surface area contributed by atoms with Crippen LogP contribution in [0.15, 0.2) is 12.4 Å². The Morgan fingerprint density at radius 1 is 1.44 bits per heavy atom. The van der Waals surface area contributed by atoms with Crippen LogP contribution in [0.25, 0.3) is 0 Å². The minimum absolute atomic E-state index is 0.0745. The average Bonchev–Trinajstić information content (AvgIpc) is 2.20. The molecule has 2 atom stereocenters. The Hall–Kier alpha value is -1.12. The molecule has 0 aromatic carbocycles. The standard InChI is InChI=1S/C8H12FN3O3S/c1-5(16(10,13)14)7(15-2)8-11-3-6(9)4-12-8/h3-5,7H,1-2H3,(H2,10,13,14). The summed E-state index contributed by atoms with van der Waals surface area (Å²) in [4.78, 5) is 7.31. The maximum atomic E-state index is 12.6. The second kappa shape index (κ2) is 4.81. The third kappa shape index (κ3) is 2.94. The summed E-state index contributed by atoms with van der Waals surface area (Å²) in [6.45, 7) is 1.37. The lowest BCUT2D eigenvalue weighted by Crippen LogP contribution is -2.33. The van der Waals surface area contributed by atoms with Crippen LogP contribution in [-0.2, 0) is 14.8 Å². The van der Waals surface area contributed by atoms with Gasteiger partial charge in [-0.2, -0.15) is 0 Å². The first-order chi connectivity index (χ1) is 7.36. The predicted octanol–water partition coefficient (Wildman–Crippen LogP) is -0.0198. The van der Waals surface area contributed by atoms with Gasteiger partial charge in [0.1, 0.15) is 11.4 Å². The molecule has 1 aromatic heterocycles. The van der Waals surface area contributed by atoms with Crippen molar-refractivity contribution < 1.29 is 17.5 Å². The molecule has 1 heterocycles. The third-order valence-electron chi connectivity index (χ3n) is 2.09. The number of hydrogen-bond donors (Lipinski definition) is 1. The minimum atomic E-state index is -3.77. The molecule has 1 aromatic rings. The number of nitrogens with two attached hydrogens (primary N) is 1. The molecule has 0 aliphatic rings. The Bertz CT molecular complexity index is 448. The average molecular weight is 249 g/mol. The van der Waals surface area contributed by atoms with E-state index in [1.54, 1.807) is 0 Å². The molecule has 2 unspecified atom stereocenters. The monoisotopic (exact) mass is 249 g/mol.